The van der Waals surface area contributed by atoms with Crippen LogP contribution in [0.2, 0.25) is 3.63 Å². The standard InChI is InChI=1S/C18H19.C9H13.2ClH.Zr/c1-2-5-14(6-3-1)17-8-4-7-15-11-16(12-18(15)17)13-9-10-13;1-6-5-7(2)9(4)8(6)3;;;/h1-3,5-6,11-13,17H,4,7-10H2;6H,1-4H3;2*1H;/q;;;;+2/p-2. The SMILES string of the molecule is CC1=C(C)C(C)[C]([Zr+2][CH]2C(C3CC3)=CC3=C2CCCC3c2ccccc2)=C1C.[Cl-].[Cl-]. The van der Waals surface area contributed by atoms with Gasteiger partial charge in [0.15, 0.2) is 0 Å². The molecule has 5 rings (SSSR count). The maximum atomic E-state index is 2.72. The van der Waals surface area contributed by atoms with Gasteiger partial charge in [0.1, 0.15) is 0 Å². The Labute approximate surface area is 206 Å². The molecule has 4 aliphatic rings. The van der Waals surface area contributed by atoms with Crippen LogP contribution in [0, 0.1) is 11.8 Å². The Bertz CT molecular complexity index is 931. The predicted octanol–water partition coefficient (Wildman–Crippen LogP) is 1.74. The van der Waals surface area contributed by atoms with E-state index in [9.17, 15) is 0 Å². The molecule has 0 bridgehead atoms. The van der Waals surface area contributed by atoms with E-state index in [1.165, 1.54) is 32.1 Å². The number of allylic oxidation sites excluding steroid dienone is 8. The fraction of sp³-hybridized carbons (Fsp3) is 0.481. The van der Waals surface area contributed by atoms with Gasteiger partial charge in [-0.2, -0.15) is 0 Å². The summed E-state index contributed by atoms with van der Waals surface area (Å²) in [6.45, 7) is 9.62. The predicted molar refractivity (Wildman–Crippen MR) is 115 cm³/mol. The van der Waals surface area contributed by atoms with Crippen molar-refractivity contribution in [3.63, 3.8) is 0 Å². The molecular weight excluding hydrogens is 486 g/mol. The van der Waals surface area contributed by atoms with Gasteiger partial charge in [-0.25, -0.2) is 0 Å². The van der Waals surface area contributed by atoms with Crippen molar-refractivity contribution in [2.24, 2.45) is 11.8 Å². The number of hydrogen-bond donors (Lipinski definition) is 0. The number of benzene rings is 1. The van der Waals surface area contributed by atoms with Gasteiger partial charge in [0.05, 0.1) is 0 Å². The zero-order valence-electron chi connectivity index (χ0n) is 18.6. The fourth-order valence-electron chi connectivity index (χ4n) is 5.71. The molecule has 0 amide bonds. The first kappa shape index (κ1) is 24.3. The number of halogens is 2. The molecule has 1 aromatic carbocycles. The molecule has 0 spiro atoms. The minimum absolute atomic E-state index is 0. The normalized spacial score (nSPS) is 28.0. The van der Waals surface area contributed by atoms with Crippen molar-refractivity contribution < 1.29 is 48.0 Å². The molecule has 3 atom stereocenters. The zero-order valence-corrected chi connectivity index (χ0v) is 22.5. The molecule has 1 fully saturated rings. The third-order valence-electron chi connectivity index (χ3n) is 7.88. The van der Waals surface area contributed by atoms with Crippen LogP contribution < -0.4 is 24.8 Å². The zero-order chi connectivity index (χ0) is 19.4. The van der Waals surface area contributed by atoms with E-state index in [4.69, 9.17) is 0 Å². The van der Waals surface area contributed by atoms with Crippen LogP contribution in [0.25, 0.3) is 0 Å². The molecular formula is C27H32Cl2Zr. The molecule has 0 aliphatic heterocycles. The summed E-state index contributed by atoms with van der Waals surface area (Å²) in [5, 5.41) is 0. The first-order valence-corrected chi connectivity index (χ1v) is 13.9. The van der Waals surface area contributed by atoms with E-state index in [2.05, 4.69) is 64.1 Å². The quantitative estimate of drug-likeness (QED) is 0.570. The molecule has 158 valence electrons. The van der Waals surface area contributed by atoms with Gasteiger partial charge in [-0.3, -0.25) is 0 Å². The van der Waals surface area contributed by atoms with Gasteiger partial charge in [-0.1, -0.05) is 0 Å². The molecule has 0 nitrogen and oxygen atoms in total. The molecule has 4 aliphatic carbocycles. The van der Waals surface area contributed by atoms with Crippen LogP contribution in [-0.4, -0.2) is 0 Å². The molecule has 0 radical (unpaired) electrons. The van der Waals surface area contributed by atoms with E-state index < -0.39 is 23.2 Å². The van der Waals surface area contributed by atoms with Gasteiger partial charge in [-0.15, -0.1) is 0 Å². The van der Waals surface area contributed by atoms with Crippen LogP contribution in [0.4, 0.5) is 0 Å². The third-order valence-corrected chi connectivity index (χ3v) is 13.0. The van der Waals surface area contributed by atoms with Crippen molar-refractivity contribution in [1.82, 2.24) is 0 Å². The second kappa shape index (κ2) is 9.64. The van der Waals surface area contributed by atoms with E-state index in [-0.39, 0.29) is 24.8 Å². The summed E-state index contributed by atoms with van der Waals surface area (Å²) in [7, 11) is 0. The Morgan fingerprint density at radius 1 is 0.900 bits per heavy atom. The van der Waals surface area contributed by atoms with Crippen molar-refractivity contribution in [3.8, 4) is 0 Å². The average Bonchev–Trinajstić information content (AvgIpc) is 3.48. The molecule has 3 unspecified atom stereocenters. The first-order valence-electron chi connectivity index (χ1n) is 11.2. The minimum Gasteiger partial charge on any atom is -1.00 e. The Morgan fingerprint density at radius 2 is 1.60 bits per heavy atom. The Morgan fingerprint density at radius 3 is 2.20 bits per heavy atom. The van der Waals surface area contributed by atoms with Crippen LogP contribution in [0.1, 0.15) is 71.3 Å². The molecule has 0 aromatic heterocycles. The van der Waals surface area contributed by atoms with Crippen LogP contribution in [-0.2, 0) is 23.2 Å². The van der Waals surface area contributed by atoms with Gasteiger partial charge >= 0.3 is 183 Å². The Balaban J connectivity index is 0.00000128. The second-order valence-corrected chi connectivity index (χ2v) is 12.9. The maximum absolute atomic E-state index is 2.72. The fourth-order valence-corrected chi connectivity index (χ4v) is 11.0. The monoisotopic (exact) mass is 516 g/mol. The van der Waals surface area contributed by atoms with Gasteiger partial charge < -0.3 is 24.8 Å². The molecule has 0 N–H and O–H groups in total. The Kier molecular flexibility index (Phi) is 7.81. The van der Waals surface area contributed by atoms with E-state index in [0.29, 0.717) is 11.8 Å². The third kappa shape index (κ3) is 4.16. The van der Waals surface area contributed by atoms with Crippen molar-refractivity contribution in [2.75, 3.05) is 0 Å². The molecule has 3 heteroatoms. The van der Waals surface area contributed by atoms with Crippen molar-refractivity contribution in [1.29, 1.82) is 0 Å². The van der Waals surface area contributed by atoms with Crippen molar-refractivity contribution >= 4 is 0 Å². The summed E-state index contributed by atoms with van der Waals surface area (Å²) < 4.78 is 2.76. The van der Waals surface area contributed by atoms with Crippen LogP contribution in [0.15, 0.2) is 73.1 Å². The van der Waals surface area contributed by atoms with Gasteiger partial charge in [0.25, 0.3) is 0 Å². The van der Waals surface area contributed by atoms with E-state index >= 15 is 0 Å². The molecule has 0 saturated heterocycles. The summed E-state index contributed by atoms with van der Waals surface area (Å²) in [6, 6.07) is 11.3. The van der Waals surface area contributed by atoms with E-state index in [0.717, 1.165) is 9.54 Å². The summed E-state index contributed by atoms with van der Waals surface area (Å²) in [4.78, 5) is 0. The number of rotatable bonds is 4. The maximum Gasteiger partial charge on any atom is -1.00 e. The van der Waals surface area contributed by atoms with Gasteiger partial charge in [0, 0.05) is 0 Å². The molecule has 1 saturated carbocycles. The smallest absolute Gasteiger partial charge is 1.00 e. The number of hydrogen-bond acceptors (Lipinski definition) is 0. The average molecular weight is 519 g/mol. The van der Waals surface area contributed by atoms with Crippen LogP contribution >= 0.6 is 0 Å². The van der Waals surface area contributed by atoms with Crippen LogP contribution in [0.3, 0.4) is 0 Å². The summed E-state index contributed by atoms with van der Waals surface area (Å²) in [5.74, 6) is 2.28. The molecule has 1 aromatic rings. The van der Waals surface area contributed by atoms with Crippen molar-refractivity contribution in [2.45, 2.75) is 69.3 Å². The van der Waals surface area contributed by atoms with E-state index in [1.54, 1.807) is 27.9 Å². The molecule has 30 heavy (non-hydrogen) atoms. The topological polar surface area (TPSA) is 0 Å². The van der Waals surface area contributed by atoms with Crippen molar-refractivity contribution in [3.05, 3.63) is 78.7 Å². The first-order chi connectivity index (χ1) is 13.6. The summed E-state index contributed by atoms with van der Waals surface area (Å²) >= 11 is -0.652. The molecule has 0 heterocycles. The largest absolute Gasteiger partial charge is 1.00 e. The minimum atomic E-state index is -0.652. The van der Waals surface area contributed by atoms with Gasteiger partial charge in [-0.05, 0) is 0 Å². The Hall–Kier alpha value is -0.357. The van der Waals surface area contributed by atoms with Gasteiger partial charge in [0.2, 0.25) is 0 Å². The summed E-state index contributed by atoms with van der Waals surface area (Å²) in [6.07, 6.45) is 9.70. The summed E-state index contributed by atoms with van der Waals surface area (Å²) in [5.41, 5.74) is 11.9. The van der Waals surface area contributed by atoms with Crippen LogP contribution in [0.5, 0.6) is 0 Å². The second-order valence-electron chi connectivity index (χ2n) is 9.40. The van der Waals surface area contributed by atoms with E-state index in [1.807, 2.05) is 14.4 Å².